The van der Waals surface area contributed by atoms with E-state index < -0.39 is 94.1 Å². The van der Waals surface area contributed by atoms with Gasteiger partial charge in [-0.05, 0) is 54.2 Å². The maximum absolute atomic E-state index is 11.1. The Kier molecular flexibility index (Phi) is 1.64. The molecule has 2 heterocycles. The molecule has 23 heavy (non-hydrogen) atoms. The molecule has 2 aliphatic heterocycles. The number of nitrogens with zero attached hydrogens (tertiary/aromatic N) is 1. The summed E-state index contributed by atoms with van der Waals surface area (Å²) in [4.78, 5) is 0.792. The van der Waals surface area contributed by atoms with Crippen molar-refractivity contribution in [3.63, 3.8) is 0 Å². The third-order valence-corrected chi connectivity index (χ3v) is 3.98. The molecule has 1 fully saturated rings. The molecule has 2 aliphatic rings. The fourth-order valence-electron chi connectivity index (χ4n) is 2.92. The molecule has 0 amide bonds. The normalized spacial score (nSPS) is 50.8. The second-order valence-electron chi connectivity index (χ2n) is 5.51. The summed E-state index contributed by atoms with van der Waals surface area (Å²) >= 11 is 0. The SMILES string of the molecule is [2H]C([2H])([2H])Oc1cc2c(cc1OC([2H])([2H])[2H])C([2H])([2H])C([2H])([2H])N1C[C@H](C([2H])([2H])C([2H])(C)C([2H])([2H])[2H])[C@]([2H])(O)C[C@@H]21. The van der Waals surface area contributed by atoms with Gasteiger partial charge in [0.25, 0.3) is 0 Å². The zero-order chi connectivity index (χ0) is 31.3. The van der Waals surface area contributed by atoms with E-state index in [-0.39, 0.29) is 5.56 Å². The molecule has 0 radical (unpaired) electrons. The van der Waals surface area contributed by atoms with Crippen molar-refractivity contribution in [2.75, 3.05) is 27.1 Å². The Labute approximate surface area is 163 Å². The van der Waals surface area contributed by atoms with Crippen LogP contribution in [0.25, 0.3) is 0 Å². The van der Waals surface area contributed by atoms with Gasteiger partial charge in [0.05, 0.1) is 29.8 Å². The average Bonchev–Trinajstić information content (AvgIpc) is 2.69. The van der Waals surface area contributed by atoms with Crippen LogP contribution < -0.4 is 9.47 Å². The van der Waals surface area contributed by atoms with Crippen LogP contribution in [0, 0.1) is 11.8 Å². The summed E-state index contributed by atoms with van der Waals surface area (Å²) < 4.78 is 145. The second-order valence-corrected chi connectivity index (χ2v) is 5.51. The van der Waals surface area contributed by atoms with E-state index in [9.17, 15) is 5.11 Å². The lowest BCUT2D eigenvalue weighted by Gasteiger charge is -2.46. The molecule has 4 heteroatoms. The predicted octanol–water partition coefficient (Wildman–Crippen LogP) is 3.03. The first kappa shape index (κ1) is 5.63. The quantitative estimate of drug-likeness (QED) is 0.918. The molecule has 0 aromatic heterocycles. The van der Waals surface area contributed by atoms with E-state index in [1.807, 2.05) is 0 Å². The largest absolute Gasteiger partial charge is 0.493 e. The van der Waals surface area contributed by atoms with Crippen molar-refractivity contribution in [1.29, 1.82) is 0 Å². The van der Waals surface area contributed by atoms with Gasteiger partial charge in [-0.2, -0.15) is 0 Å². The Morgan fingerprint density at radius 1 is 1.52 bits per heavy atom. The molecule has 4 nitrogen and oxygen atoms in total. The minimum atomic E-state index is -3.22. The van der Waals surface area contributed by atoms with Crippen LogP contribution in [0.15, 0.2) is 12.1 Å². The summed E-state index contributed by atoms with van der Waals surface area (Å²) in [6.45, 7) is -6.37. The summed E-state index contributed by atoms with van der Waals surface area (Å²) in [6, 6.07) is 0.283. The van der Waals surface area contributed by atoms with Gasteiger partial charge >= 0.3 is 0 Å². The molecule has 0 saturated carbocycles. The third kappa shape index (κ3) is 3.20. The summed E-state index contributed by atoms with van der Waals surface area (Å²) in [6.07, 6.45) is -9.74. The molecule has 1 N–H and O–H groups in total. The molecule has 1 aromatic rings. The molecule has 128 valence electrons. The van der Waals surface area contributed by atoms with Gasteiger partial charge in [0.1, 0.15) is 0 Å². The van der Waals surface area contributed by atoms with Crippen LogP contribution in [0.3, 0.4) is 0 Å². The molecule has 3 rings (SSSR count). The predicted molar refractivity (Wildman–Crippen MR) is 91.1 cm³/mol. The highest BCUT2D eigenvalue weighted by molar-refractivity contribution is 5.49. The van der Waals surface area contributed by atoms with Crippen molar-refractivity contribution in [3.8, 4) is 11.5 Å². The van der Waals surface area contributed by atoms with Gasteiger partial charge in [0.2, 0.25) is 0 Å². The molecule has 0 spiro atoms. The number of benzene rings is 1. The zero-order valence-electron chi connectivity index (χ0n) is 29.4. The first-order chi connectivity index (χ1) is 17.5. The van der Waals surface area contributed by atoms with E-state index in [4.69, 9.17) is 32.8 Å². The van der Waals surface area contributed by atoms with Crippen molar-refractivity contribution >= 4 is 0 Å². The molecule has 0 aliphatic carbocycles. The van der Waals surface area contributed by atoms with Crippen molar-refractivity contribution < 1.29 is 37.9 Å². The number of fused-ring (bicyclic) bond motifs is 3. The Hall–Kier alpha value is -1.26. The Balaban J connectivity index is 2.25. The Morgan fingerprint density at radius 3 is 3.04 bits per heavy atom. The zero-order valence-corrected chi connectivity index (χ0v) is 12.4. The van der Waals surface area contributed by atoms with Crippen LogP contribution in [0.5, 0.6) is 11.5 Å². The van der Waals surface area contributed by atoms with E-state index in [1.165, 1.54) is 0 Å². The van der Waals surface area contributed by atoms with Gasteiger partial charge in [-0.3, -0.25) is 4.90 Å². The Bertz CT molecular complexity index is 1140. The fourth-order valence-corrected chi connectivity index (χ4v) is 2.92. The number of rotatable bonds is 4. The number of ether oxygens (including phenoxy) is 2. The lowest BCUT2D eigenvalue weighted by Crippen LogP contribution is -2.48. The number of piperidine rings is 1. The van der Waals surface area contributed by atoms with Crippen LogP contribution in [-0.4, -0.2) is 43.2 Å². The smallest absolute Gasteiger partial charge is 0.161 e. The van der Waals surface area contributed by atoms with Gasteiger partial charge in [0.15, 0.2) is 11.5 Å². The first-order valence-corrected chi connectivity index (χ1v) is 7.03. The summed E-state index contributed by atoms with van der Waals surface area (Å²) in [5.41, 5.74) is -0.674. The average molecular weight is 337 g/mol. The summed E-state index contributed by atoms with van der Waals surface area (Å²) in [7, 11) is -6.26. The maximum Gasteiger partial charge on any atom is 0.161 e. The number of hydrogen-bond donors (Lipinski definition) is 1. The van der Waals surface area contributed by atoms with Crippen LogP contribution >= 0.6 is 0 Å². The van der Waals surface area contributed by atoms with Gasteiger partial charge in [-0.25, -0.2) is 0 Å². The highest BCUT2D eigenvalue weighted by Gasteiger charge is 2.38. The second kappa shape index (κ2) is 6.70. The van der Waals surface area contributed by atoms with Gasteiger partial charge in [0, 0.05) is 32.8 Å². The van der Waals surface area contributed by atoms with E-state index in [1.54, 1.807) is 0 Å². The van der Waals surface area contributed by atoms with Gasteiger partial charge in [-0.15, -0.1) is 0 Å². The Morgan fingerprint density at radius 2 is 2.30 bits per heavy atom. The molecular weight excluding hydrogens is 290 g/mol. The van der Waals surface area contributed by atoms with E-state index >= 15 is 0 Å². The van der Waals surface area contributed by atoms with Gasteiger partial charge < -0.3 is 14.6 Å². The monoisotopic (exact) mass is 336 g/mol. The molecular formula is C19H29NO3. The number of methoxy groups -OCH3 is 2. The van der Waals surface area contributed by atoms with Crippen LogP contribution in [-0.2, 0) is 6.37 Å². The van der Waals surface area contributed by atoms with E-state index in [2.05, 4.69) is 0 Å². The van der Waals surface area contributed by atoms with E-state index in [0.29, 0.717) is 0 Å². The molecule has 0 bridgehead atoms. The number of aliphatic hydroxyl groups is 1. The van der Waals surface area contributed by atoms with Crippen molar-refractivity contribution in [3.05, 3.63) is 23.3 Å². The molecule has 1 unspecified atom stereocenters. The minimum Gasteiger partial charge on any atom is -0.493 e. The highest BCUT2D eigenvalue weighted by Crippen LogP contribution is 2.43. The lowest BCUT2D eigenvalue weighted by atomic mass is 9.79. The van der Waals surface area contributed by atoms with Crippen LogP contribution in [0.1, 0.15) is 67.0 Å². The first-order valence-electron chi connectivity index (χ1n) is 15.5. The standard InChI is InChI=1S/C19H29NO3/c1-12(2)7-14-11-20-6-5-13-8-18(22-3)19(23-4)9-15(13)16(20)10-17(14)21/h8-9,12,14,16-17,21H,5-7,10-11H2,1-4H3/t14-,16-,17+/m0/s1/i1D3,3D3,4D3,5D2,6D2,7D2,12D,17D/t12?,14-,16-,17+. The molecule has 1 aromatic carbocycles. The minimum absolute atomic E-state index is 0.189. The van der Waals surface area contributed by atoms with Crippen LogP contribution in [0.4, 0.5) is 0 Å². The molecule has 1 saturated heterocycles. The molecule has 4 atom stereocenters. The van der Waals surface area contributed by atoms with Crippen molar-refractivity contribution in [2.45, 2.75) is 45.1 Å². The van der Waals surface area contributed by atoms with E-state index in [0.717, 1.165) is 24.0 Å². The third-order valence-electron chi connectivity index (χ3n) is 3.98. The summed E-state index contributed by atoms with van der Waals surface area (Å²) in [5, 5.41) is 11.1. The fraction of sp³-hybridized carbons (Fsp3) is 0.684. The van der Waals surface area contributed by atoms with Gasteiger partial charge in [-0.1, -0.05) is 13.8 Å². The topological polar surface area (TPSA) is 41.9 Å². The van der Waals surface area contributed by atoms with Crippen molar-refractivity contribution in [1.82, 2.24) is 4.90 Å². The van der Waals surface area contributed by atoms with Crippen LogP contribution in [0.2, 0.25) is 0 Å². The lowest BCUT2D eigenvalue weighted by molar-refractivity contribution is -0.0191. The summed E-state index contributed by atoms with van der Waals surface area (Å²) in [5.74, 6) is -6.27. The highest BCUT2D eigenvalue weighted by atomic mass is 16.5. The van der Waals surface area contributed by atoms with Crippen molar-refractivity contribution in [2.24, 2.45) is 11.8 Å². The number of hydrogen-bond acceptors (Lipinski definition) is 4. The maximum atomic E-state index is 11.1. The number of aryl methyl sites for hydroxylation is 1.